The number of ether oxygens (including phenoxy) is 3. The molecule has 1 aromatic heterocycles. The predicted octanol–water partition coefficient (Wildman–Crippen LogP) is 5.25. The predicted molar refractivity (Wildman–Crippen MR) is 141 cm³/mol. The van der Waals surface area contributed by atoms with Crippen molar-refractivity contribution in [3.05, 3.63) is 59.7 Å². The van der Waals surface area contributed by atoms with E-state index >= 15 is 0 Å². The lowest BCUT2D eigenvalue weighted by molar-refractivity contribution is -0.146. The molecule has 1 heterocycles. The zero-order valence-corrected chi connectivity index (χ0v) is 22.2. The van der Waals surface area contributed by atoms with Crippen LogP contribution in [0.25, 0.3) is 10.9 Å². The zero-order valence-electron chi connectivity index (χ0n) is 21.4. The monoisotopic (exact) mass is 532 g/mol. The van der Waals surface area contributed by atoms with Crippen LogP contribution in [-0.2, 0) is 20.8 Å². The van der Waals surface area contributed by atoms with Crippen LogP contribution in [0.4, 0.5) is 4.79 Å². The summed E-state index contributed by atoms with van der Waals surface area (Å²) < 4.78 is 15.1. The maximum Gasteiger partial charge on any atom is 0.515 e. The molecule has 0 saturated heterocycles. The van der Waals surface area contributed by atoms with Crippen molar-refractivity contribution in [1.82, 2.24) is 9.88 Å². The minimum absolute atomic E-state index is 0. The number of carbonyl (C=O) groups is 3. The molecule has 0 aliphatic rings. The topological polar surface area (TPSA) is 118 Å². The number of fused-ring (bicyclic) bond motifs is 1. The van der Waals surface area contributed by atoms with Crippen LogP contribution in [-0.4, -0.2) is 58.2 Å². The van der Waals surface area contributed by atoms with Crippen molar-refractivity contribution in [2.45, 2.75) is 46.2 Å². The Labute approximate surface area is 222 Å². The van der Waals surface area contributed by atoms with Gasteiger partial charge in [0.25, 0.3) is 0 Å². The van der Waals surface area contributed by atoms with Gasteiger partial charge in [-0.15, -0.1) is 12.4 Å². The van der Waals surface area contributed by atoms with Gasteiger partial charge in [0.15, 0.2) is 5.78 Å². The lowest BCUT2D eigenvalue weighted by atomic mass is 9.95. The van der Waals surface area contributed by atoms with Gasteiger partial charge in [-0.05, 0) is 45.4 Å². The number of carbonyl (C=O) groups excluding carboxylic acids is 3. The summed E-state index contributed by atoms with van der Waals surface area (Å²) in [5.41, 5.74) is 0.901. The molecule has 0 unspecified atom stereocenters. The van der Waals surface area contributed by atoms with Gasteiger partial charge < -0.3 is 24.3 Å². The smallest absolute Gasteiger partial charge is 0.506 e. The fourth-order valence-electron chi connectivity index (χ4n) is 3.94. The van der Waals surface area contributed by atoms with Gasteiger partial charge in [0.2, 0.25) is 5.88 Å². The summed E-state index contributed by atoms with van der Waals surface area (Å²) in [6.07, 6.45) is -0.792. The maximum absolute atomic E-state index is 13.6. The van der Waals surface area contributed by atoms with Gasteiger partial charge >= 0.3 is 12.1 Å². The van der Waals surface area contributed by atoms with E-state index in [0.29, 0.717) is 17.5 Å². The number of phenols is 1. The number of nitrogens with one attached hydrogen (secondary N) is 1. The summed E-state index contributed by atoms with van der Waals surface area (Å²) in [5, 5.41) is 10.7. The molecule has 2 aromatic carbocycles. The van der Waals surface area contributed by atoms with Crippen LogP contribution in [0.5, 0.6) is 11.6 Å². The van der Waals surface area contributed by atoms with Gasteiger partial charge in [-0.1, -0.05) is 30.3 Å². The number of esters is 1. The van der Waals surface area contributed by atoms with Crippen LogP contribution in [0.15, 0.2) is 48.5 Å². The lowest BCUT2D eigenvalue weighted by Crippen LogP contribution is -2.47. The van der Waals surface area contributed by atoms with Crippen molar-refractivity contribution in [1.29, 1.82) is 0 Å². The molecule has 0 fully saturated rings. The molecular weight excluding hydrogens is 500 g/mol. The average molecular weight is 533 g/mol. The number of phenolic OH excluding ortho intramolecular Hbond substituents is 1. The summed E-state index contributed by atoms with van der Waals surface area (Å²) in [6, 6.07) is 14.1. The molecule has 2 N–H and O–H groups in total. The Morgan fingerprint density at radius 3 is 2.32 bits per heavy atom. The van der Waals surface area contributed by atoms with Crippen molar-refractivity contribution >= 4 is 41.2 Å². The first kappa shape index (κ1) is 29.7. The quantitative estimate of drug-likeness (QED) is 0.254. The first-order valence-corrected chi connectivity index (χ1v) is 11.8. The van der Waals surface area contributed by atoms with Gasteiger partial charge in [0.1, 0.15) is 5.75 Å². The Balaban J connectivity index is 0.00000481. The summed E-state index contributed by atoms with van der Waals surface area (Å²) in [4.78, 5) is 42.3. The van der Waals surface area contributed by atoms with Crippen LogP contribution in [0.3, 0.4) is 0 Å². The highest BCUT2D eigenvalue weighted by Gasteiger charge is 2.32. The normalized spacial score (nSPS) is 11.2. The average Bonchev–Trinajstić information content (AvgIpc) is 3.23. The third-order valence-corrected chi connectivity index (χ3v) is 5.79. The van der Waals surface area contributed by atoms with Gasteiger partial charge in [0.05, 0.1) is 31.7 Å². The Bertz CT molecular complexity index is 1220. The molecule has 0 spiro atoms. The van der Waals surface area contributed by atoms with Crippen LogP contribution >= 0.6 is 12.4 Å². The summed E-state index contributed by atoms with van der Waals surface area (Å²) in [7, 11) is 0. The number of aromatic hydroxyl groups is 1. The molecule has 0 bridgehead atoms. The molecule has 0 amide bonds. The molecule has 0 radical (unpaired) electrons. The summed E-state index contributed by atoms with van der Waals surface area (Å²) in [6.45, 7) is 8.06. The van der Waals surface area contributed by atoms with Crippen LogP contribution < -0.4 is 4.74 Å². The van der Waals surface area contributed by atoms with E-state index < -0.39 is 11.7 Å². The summed E-state index contributed by atoms with van der Waals surface area (Å²) >= 11 is 0. The Morgan fingerprint density at radius 2 is 1.68 bits per heavy atom. The second-order valence-electron chi connectivity index (χ2n) is 8.90. The minimum atomic E-state index is -0.897. The van der Waals surface area contributed by atoms with E-state index in [4.69, 9.17) is 14.2 Å². The third kappa shape index (κ3) is 7.71. The molecule has 0 aliphatic heterocycles. The second kappa shape index (κ2) is 13.1. The number of hydrogen-bond acceptors (Lipinski definition) is 8. The van der Waals surface area contributed by atoms with Crippen molar-refractivity contribution in [2.75, 3.05) is 19.8 Å². The number of halogens is 1. The molecule has 0 saturated carbocycles. The van der Waals surface area contributed by atoms with E-state index in [1.165, 1.54) is 18.2 Å². The number of aromatic amines is 1. The van der Waals surface area contributed by atoms with Crippen LogP contribution in [0, 0.1) is 0 Å². The number of nitrogens with zero attached hydrogens (tertiary/aromatic N) is 1. The number of ketones is 1. The largest absolute Gasteiger partial charge is 0.515 e. The molecule has 0 atom stereocenters. The molecule has 3 rings (SSSR count). The van der Waals surface area contributed by atoms with E-state index in [2.05, 4.69) is 4.98 Å². The molecule has 3 aromatic rings. The first-order valence-electron chi connectivity index (χ1n) is 11.8. The van der Waals surface area contributed by atoms with Gasteiger partial charge in [-0.2, -0.15) is 0 Å². The van der Waals surface area contributed by atoms with E-state index in [9.17, 15) is 19.5 Å². The molecule has 37 heavy (non-hydrogen) atoms. The van der Waals surface area contributed by atoms with Crippen molar-refractivity contribution in [2.24, 2.45) is 0 Å². The number of Topliss-reactive ketones (excluding diaryl/α,β-unsaturated/α-hetero) is 1. The standard InChI is InChI=1S/C27H32N2O7.ClH/c1-5-34-24(32)15-27(3,4)29(16-18-10-8-7-9-11-18)17-22(31)19-12-13-21(30)25-20(19)14-23(28-25)36-26(33)35-6-2;/h7-14,28,30H,5-6,15-17H2,1-4H3;1H. The van der Waals surface area contributed by atoms with Crippen molar-refractivity contribution in [3.63, 3.8) is 0 Å². The Morgan fingerprint density at radius 1 is 1.00 bits per heavy atom. The van der Waals surface area contributed by atoms with E-state index in [0.717, 1.165) is 5.56 Å². The summed E-state index contributed by atoms with van der Waals surface area (Å²) in [5.74, 6) is -0.618. The fraction of sp³-hybridized carbons (Fsp3) is 0.370. The first-order chi connectivity index (χ1) is 17.1. The molecular formula is C27H33ClN2O7. The number of benzene rings is 2. The van der Waals surface area contributed by atoms with Crippen LogP contribution in [0.1, 0.15) is 50.0 Å². The van der Waals surface area contributed by atoms with Crippen molar-refractivity contribution < 1.29 is 33.7 Å². The highest BCUT2D eigenvalue weighted by atomic mass is 35.5. The number of rotatable bonds is 11. The number of H-pyrrole nitrogens is 1. The van der Waals surface area contributed by atoms with Crippen molar-refractivity contribution in [3.8, 4) is 11.6 Å². The van der Waals surface area contributed by atoms with Gasteiger partial charge in [0, 0.05) is 29.1 Å². The van der Waals surface area contributed by atoms with E-state index in [1.54, 1.807) is 13.8 Å². The number of hydrogen-bond donors (Lipinski definition) is 2. The van der Waals surface area contributed by atoms with Gasteiger partial charge in [-0.25, -0.2) is 4.79 Å². The minimum Gasteiger partial charge on any atom is -0.506 e. The molecule has 200 valence electrons. The molecule has 9 nitrogen and oxygen atoms in total. The Kier molecular flexibility index (Phi) is 10.5. The maximum atomic E-state index is 13.6. The highest BCUT2D eigenvalue weighted by molar-refractivity contribution is 6.10. The zero-order chi connectivity index (χ0) is 26.3. The SMILES string of the molecule is CCOC(=O)CC(C)(C)N(CC(=O)c1ccc(O)c2[nH]c(OC(=O)OCC)cc12)Cc1ccccc1.Cl. The van der Waals surface area contributed by atoms with E-state index in [1.807, 2.05) is 49.1 Å². The number of aromatic nitrogens is 1. The fourth-order valence-corrected chi connectivity index (χ4v) is 3.94. The molecule has 10 heteroatoms. The lowest BCUT2D eigenvalue weighted by Gasteiger charge is -2.37. The van der Waals surface area contributed by atoms with Gasteiger partial charge in [-0.3, -0.25) is 14.5 Å². The van der Waals surface area contributed by atoms with E-state index in [-0.39, 0.29) is 67.5 Å². The third-order valence-electron chi connectivity index (χ3n) is 5.79. The molecule has 0 aliphatic carbocycles. The Hall–Kier alpha value is -3.56. The van der Waals surface area contributed by atoms with Crippen LogP contribution in [0.2, 0.25) is 0 Å². The highest BCUT2D eigenvalue weighted by Crippen LogP contribution is 2.32. The second-order valence-corrected chi connectivity index (χ2v) is 8.90.